The predicted molar refractivity (Wildman–Crippen MR) is 114 cm³/mol. The van der Waals surface area contributed by atoms with Crippen molar-refractivity contribution in [3.63, 3.8) is 0 Å². The van der Waals surface area contributed by atoms with Crippen LogP contribution in [0.25, 0.3) is 10.2 Å². The molecular formula is C20H22FN3O2S2. The maximum absolute atomic E-state index is 13.2. The number of anilines is 1. The van der Waals surface area contributed by atoms with E-state index in [9.17, 15) is 14.0 Å². The molecule has 2 heterocycles. The lowest BCUT2D eigenvalue weighted by Crippen LogP contribution is -2.24. The molecule has 0 radical (unpaired) electrons. The summed E-state index contributed by atoms with van der Waals surface area (Å²) in [6.45, 7) is 6.51. The van der Waals surface area contributed by atoms with Crippen molar-refractivity contribution in [2.45, 2.75) is 38.9 Å². The van der Waals surface area contributed by atoms with Gasteiger partial charge in [-0.25, -0.2) is 9.37 Å². The van der Waals surface area contributed by atoms with E-state index in [1.165, 1.54) is 35.2 Å². The molecule has 0 aliphatic heterocycles. The molecule has 3 aromatic rings. The molecule has 0 aliphatic rings. The second-order valence-corrected chi connectivity index (χ2v) is 8.82. The molecule has 1 amide bonds. The van der Waals surface area contributed by atoms with Crippen molar-refractivity contribution in [1.82, 2.24) is 9.55 Å². The summed E-state index contributed by atoms with van der Waals surface area (Å²) in [6, 6.07) is 6.05. The summed E-state index contributed by atoms with van der Waals surface area (Å²) < 4.78 is 15.5. The standard InChI is InChI=1S/C20H22FN3O2S2/c1-12(2)6-8-24-19(26)18-16(7-9-27-18)23-20(24)28-11-17(25)22-15-5-4-14(21)10-13(15)3/h4-5,7,9-10,12H,6,8,11H2,1-3H3,(H,22,25). The van der Waals surface area contributed by atoms with Crippen LogP contribution in [0, 0.1) is 18.7 Å². The minimum Gasteiger partial charge on any atom is -0.325 e. The smallest absolute Gasteiger partial charge is 0.272 e. The maximum atomic E-state index is 13.2. The van der Waals surface area contributed by atoms with E-state index in [0.29, 0.717) is 39.1 Å². The molecule has 0 fully saturated rings. The van der Waals surface area contributed by atoms with Gasteiger partial charge in [0.15, 0.2) is 5.16 Å². The zero-order valence-electron chi connectivity index (χ0n) is 16.0. The Balaban J connectivity index is 1.77. The molecule has 5 nitrogen and oxygen atoms in total. The number of carbonyl (C=O) groups is 1. The Morgan fingerprint density at radius 1 is 1.36 bits per heavy atom. The lowest BCUT2D eigenvalue weighted by atomic mass is 10.1. The predicted octanol–water partition coefficient (Wildman–Crippen LogP) is 4.68. The zero-order valence-corrected chi connectivity index (χ0v) is 17.6. The molecule has 0 saturated carbocycles. The highest BCUT2D eigenvalue weighted by atomic mass is 32.2. The summed E-state index contributed by atoms with van der Waals surface area (Å²) in [5.74, 6) is -0.00348. The van der Waals surface area contributed by atoms with Crippen LogP contribution in [-0.2, 0) is 11.3 Å². The van der Waals surface area contributed by atoms with E-state index in [2.05, 4.69) is 24.1 Å². The molecule has 28 heavy (non-hydrogen) atoms. The molecule has 2 aromatic heterocycles. The van der Waals surface area contributed by atoms with Gasteiger partial charge in [0, 0.05) is 12.2 Å². The van der Waals surface area contributed by atoms with Crippen LogP contribution in [0.15, 0.2) is 39.6 Å². The highest BCUT2D eigenvalue weighted by Gasteiger charge is 2.15. The van der Waals surface area contributed by atoms with Crippen molar-refractivity contribution in [1.29, 1.82) is 0 Å². The highest BCUT2D eigenvalue weighted by Crippen LogP contribution is 2.22. The first-order valence-electron chi connectivity index (χ1n) is 9.02. The zero-order chi connectivity index (χ0) is 20.3. The van der Waals surface area contributed by atoms with Gasteiger partial charge in [0.2, 0.25) is 5.91 Å². The first kappa shape index (κ1) is 20.5. The summed E-state index contributed by atoms with van der Waals surface area (Å²) in [4.78, 5) is 29.8. The van der Waals surface area contributed by atoms with E-state index >= 15 is 0 Å². The molecule has 0 saturated heterocycles. The van der Waals surface area contributed by atoms with Crippen LogP contribution in [0.1, 0.15) is 25.8 Å². The van der Waals surface area contributed by atoms with Gasteiger partial charge >= 0.3 is 0 Å². The molecule has 8 heteroatoms. The number of aromatic nitrogens is 2. The summed E-state index contributed by atoms with van der Waals surface area (Å²) in [5, 5.41) is 5.18. The number of carbonyl (C=O) groups excluding carboxylic acids is 1. The second-order valence-electron chi connectivity index (χ2n) is 6.96. The van der Waals surface area contributed by atoms with Crippen molar-refractivity contribution >= 4 is 44.9 Å². The topological polar surface area (TPSA) is 64.0 Å². The van der Waals surface area contributed by atoms with Crippen LogP contribution in [0.3, 0.4) is 0 Å². The van der Waals surface area contributed by atoms with Gasteiger partial charge < -0.3 is 5.32 Å². The number of nitrogens with one attached hydrogen (secondary N) is 1. The van der Waals surface area contributed by atoms with Crippen molar-refractivity contribution in [3.8, 4) is 0 Å². The molecule has 3 rings (SSSR count). The van der Waals surface area contributed by atoms with Gasteiger partial charge in [-0.1, -0.05) is 25.6 Å². The second kappa shape index (κ2) is 8.87. The third-order valence-electron chi connectivity index (χ3n) is 4.26. The quantitative estimate of drug-likeness (QED) is 0.446. The Morgan fingerprint density at radius 3 is 2.86 bits per heavy atom. The fourth-order valence-electron chi connectivity index (χ4n) is 2.70. The number of hydrogen-bond donors (Lipinski definition) is 1. The average Bonchev–Trinajstić information content (AvgIpc) is 3.10. The number of hydrogen-bond acceptors (Lipinski definition) is 5. The number of aryl methyl sites for hydroxylation is 1. The van der Waals surface area contributed by atoms with Crippen molar-refractivity contribution in [2.24, 2.45) is 5.92 Å². The number of fused-ring (bicyclic) bond motifs is 1. The van der Waals surface area contributed by atoms with Crippen LogP contribution in [-0.4, -0.2) is 21.2 Å². The number of halogens is 1. The number of nitrogens with zero attached hydrogens (tertiary/aromatic N) is 2. The third-order valence-corrected chi connectivity index (χ3v) is 6.12. The van der Waals surface area contributed by atoms with Gasteiger partial charge in [-0.3, -0.25) is 14.2 Å². The van der Waals surface area contributed by atoms with E-state index in [0.717, 1.165) is 6.42 Å². The molecule has 1 N–H and O–H groups in total. The molecule has 0 atom stereocenters. The monoisotopic (exact) mass is 419 g/mol. The van der Waals surface area contributed by atoms with Crippen LogP contribution < -0.4 is 10.9 Å². The summed E-state index contributed by atoms with van der Waals surface area (Å²) >= 11 is 2.62. The molecule has 0 spiro atoms. The summed E-state index contributed by atoms with van der Waals surface area (Å²) in [6.07, 6.45) is 0.854. The number of rotatable bonds is 7. The highest BCUT2D eigenvalue weighted by molar-refractivity contribution is 7.99. The first-order valence-corrected chi connectivity index (χ1v) is 10.9. The van der Waals surface area contributed by atoms with Crippen LogP contribution in [0.5, 0.6) is 0 Å². The molecule has 0 aliphatic carbocycles. The number of thiophene rings is 1. The SMILES string of the molecule is Cc1cc(F)ccc1NC(=O)CSc1nc2ccsc2c(=O)n1CCC(C)C. The van der Waals surface area contributed by atoms with Gasteiger partial charge in [-0.15, -0.1) is 11.3 Å². The molecule has 0 unspecified atom stereocenters. The van der Waals surface area contributed by atoms with Gasteiger partial charge in [-0.05, 0) is 54.5 Å². The number of thioether (sulfide) groups is 1. The number of benzene rings is 1. The molecular weight excluding hydrogens is 397 g/mol. The first-order chi connectivity index (χ1) is 13.3. The van der Waals surface area contributed by atoms with Crippen LogP contribution in [0.2, 0.25) is 0 Å². The van der Waals surface area contributed by atoms with E-state index in [4.69, 9.17) is 0 Å². The lowest BCUT2D eigenvalue weighted by molar-refractivity contribution is -0.113. The fourth-order valence-corrected chi connectivity index (χ4v) is 4.31. The molecule has 148 valence electrons. The Hall–Kier alpha value is -2.19. The number of amides is 1. The lowest BCUT2D eigenvalue weighted by Gasteiger charge is -2.13. The minimum absolute atomic E-state index is 0.0575. The Labute approximate surface area is 171 Å². The minimum atomic E-state index is -0.340. The fraction of sp³-hybridized carbons (Fsp3) is 0.350. The van der Waals surface area contributed by atoms with Crippen molar-refractivity contribution in [3.05, 3.63) is 51.4 Å². The Kier molecular flexibility index (Phi) is 6.51. The summed E-state index contributed by atoms with van der Waals surface area (Å²) in [7, 11) is 0. The van der Waals surface area contributed by atoms with E-state index < -0.39 is 0 Å². The van der Waals surface area contributed by atoms with Crippen LogP contribution >= 0.6 is 23.1 Å². The van der Waals surface area contributed by atoms with E-state index in [1.54, 1.807) is 17.6 Å². The van der Waals surface area contributed by atoms with E-state index in [1.807, 2.05) is 11.4 Å². The third kappa shape index (κ3) is 4.80. The van der Waals surface area contributed by atoms with Gasteiger partial charge in [0.25, 0.3) is 5.56 Å². The van der Waals surface area contributed by atoms with Gasteiger partial charge in [0.05, 0.1) is 11.3 Å². The van der Waals surface area contributed by atoms with E-state index in [-0.39, 0.29) is 23.0 Å². The largest absolute Gasteiger partial charge is 0.325 e. The summed E-state index contributed by atoms with van der Waals surface area (Å²) in [5.41, 5.74) is 1.83. The van der Waals surface area contributed by atoms with Crippen LogP contribution in [0.4, 0.5) is 10.1 Å². The van der Waals surface area contributed by atoms with Gasteiger partial charge in [-0.2, -0.15) is 0 Å². The average molecular weight is 420 g/mol. The molecule has 1 aromatic carbocycles. The van der Waals surface area contributed by atoms with Crippen molar-refractivity contribution < 1.29 is 9.18 Å². The normalized spacial score (nSPS) is 11.3. The van der Waals surface area contributed by atoms with Gasteiger partial charge in [0.1, 0.15) is 10.5 Å². The Morgan fingerprint density at radius 2 is 2.14 bits per heavy atom. The Bertz CT molecular complexity index is 1060. The van der Waals surface area contributed by atoms with Crippen molar-refractivity contribution in [2.75, 3.05) is 11.1 Å². The molecule has 0 bridgehead atoms. The maximum Gasteiger partial charge on any atom is 0.272 e.